The maximum Gasteiger partial charge on any atom is 0.0366 e. The van der Waals surface area contributed by atoms with Gasteiger partial charge in [0, 0.05) is 12.8 Å². The summed E-state index contributed by atoms with van der Waals surface area (Å²) in [5, 5.41) is 0. The van der Waals surface area contributed by atoms with E-state index in [1.807, 2.05) is 26.1 Å². The minimum absolute atomic E-state index is 0.547. The average molecular weight is 183 g/mol. The van der Waals surface area contributed by atoms with E-state index in [0.717, 1.165) is 5.71 Å². The third kappa shape index (κ3) is 11.4. The molecule has 0 radical (unpaired) electrons. The first kappa shape index (κ1) is 14.9. The lowest BCUT2D eigenvalue weighted by Crippen LogP contribution is -2.02. The summed E-state index contributed by atoms with van der Waals surface area (Å²) >= 11 is 0. The molecule has 0 aromatic carbocycles. The number of rotatable bonds is 3. The number of hydrogen-bond donors (Lipinski definition) is 0. The van der Waals surface area contributed by atoms with E-state index in [2.05, 4.69) is 32.7 Å². The largest absolute Gasteiger partial charge is 0.293 e. The van der Waals surface area contributed by atoms with Crippen LogP contribution < -0.4 is 0 Å². The van der Waals surface area contributed by atoms with Crippen LogP contribution in [0, 0.1) is 5.92 Å². The summed E-state index contributed by atoms with van der Waals surface area (Å²) in [6.45, 7) is 10.7. The van der Waals surface area contributed by atoms with Gasteiger partial charge in [0.15, 0.2) is 0 Å². The van der Waals surface area contributed by atoms with Gasteiger partial charge in [-0.3, -0.25) is 4.99 Å². The molecule has 0 heterocycles. The summed E-state index contributed by atoms with van der Waals surface area (Å²) in [5.74, 6) is 0.547. The fourth-order valence-electron chi connectivity index (χ4n) is 0.696. The zero-order chi connectivity index (χ0) is 10.7. The molecule has 0 aliphatic heterocycles. The smallest absolute Gasteiger partial charge is 0.0366 e. The Labute approximate surface area is 84.0 Å². The Hall–Kier alpha value is -0.590. The standard InChI is InChI=1S/C8H15N.C4H10/c1-5-6-8(9-4)7(2)3;1-3-4-2/h5-7H,1-4H3;3-4H2,1-2H3/b6-5-,9-8?;. The van der Waals surface area contributed by atoms with Crippen molar-refractivity contribution in [2.45, 2.75) is 47.5 Å². The maximum absolute atomic E-state index is 4.11. The van der Waals surface area contributed by atoms with Gasteiger partial charge in [0.05, 0.1) is 0 Å². The van der Waals surface area contributed by atoms with Crippen LogP contribution in [0.15, 0.2) is 17.1 Å². The first-order valence-electron chi connectivity index (χ1n) is 5.23. The highest BCUT2D eigenvalue weighted by atomic mass is 14.7. The van der Waals surface area contributed by atoms with Crippen molar-refractivity contribution in [1.82, 2.24) is 0 Å². The molecule has 0 saturated heterocycles. The van der Waals surface area contributed by atoms with Crippen LogP contribution in [0.4, 0.5) is 0 Å². The molecule has 0 N–H and O–H groups in total. The van der Waals surface area contributed by atoms with Crippen LogP contribution in [-0.2, 0) is 0 Å². The van der Waals surface area contributed by atoms with E-state index in [-0.39, 0.29) is 0 Å². The van der Waals surface area contributed by atoms with Crippen LogP contribution in [-0.4, -0.2) is 12.8 Å². The highest BCUT2D eigenvalue weighted by Gasteiger charge is 1.96. The van der Waals surface area contributed by atoms with Gasteiger partial charge < -0.3 is 0 Å². The van der Waals surface area contributed by atoms with E-state index in [9.17, 15) is 0 Å². The summed E-state index contributed by atoms with van der Waals surface area (Å²) < 4.78 is 0. The molecule has 0 aromatic heterocycles. The first-order chi connectivity index (χ1) is 6.13. The number of unbranched alkanes of at least 4 members (excludes halogenated alkanes) is 1. The normalized spacial score (nSPS) is 11.8. The van der Waals surface area contributed by atoms with E-state index in [1.54, 1.807) is 0 Å². The Kier molecular flexibility index (Phi) is 13.1. The lowest BCUT2D eigenvalue weighted by Gasteiger charge is -2.01. The maximum atomic E-state index is 4.11. The third-order valence-electron chi connectivity index (χ3n) is 1.69. The predicted octanol–water partition coefficient (Wildman–Crippen LogP) is 4.10. The van der Waals surface area contributed by atoms with Crippen LogP contribution in [0.3, 0.4) is 0 Å². The summed E-state index contributed by atoms with van der Waals surface area (Å²) in [6, 6.07) is 0. The molecule has 0 rings (SSSR count). The Morgan fingerprint density at radius 3 is 1.77 bits per heavy atom. The summed E-state index contributed by atoms with van der Waals surface area (Å²) in [7, 11) is 1.83. The van der Waals surface area contributed by atoms with Crippen LogP contribution >= 0.6 is 0 Å². The number of nitrogens with zero attached hydrogens (tertiary/aromatic N) is 1. The van der Waals surface area contributed by atoms with Crippen molar-refractivity contribution in [2.75, 3.05) is 7.05 Å². The van der Waals surface area contributed by atoms with E-state index in [0.29, 0.717) is 5.92 Å². The molecule has 0 aliphatic rings. The summed E-state index contributed by atoms with van der Waals surface area (Å²) in [4.78, 5) is 4.11. The molecule has 13 heavy (non-hydrogen) atoms. The minimum Gasteiger partial charge on any atom is -0.293 e. The van der Waals surface area contributed by atoms with Gasteiger partial charge in [0.25, 0.3) is 0 Å². The van der Waals surface area contributed by atoms with E-state index < -0.39 is 0 Å². The molecule has 0 amide bonds. The molecular weight excluding hydrogens is 158 g/mol. The zero-order valence-corrected chi connectivity index (χ0v) is 10.1. The average Bonchev–Trinajstić information content (AvgIpc) is 2.14. The fourth-order valence-corrected chi connectivity index (χ4v) is 0.696. The SMILES string of the molecule is C/C=C\C(=NC)C(C)C.CCCC. The zero-order valence-electron chi connectivity index (χ0n) is 10.1. The Morgan fingerprint density at radius 1 is 1.23 bits per heavy atom. The predicted molar refractivity (Wildman–Crippen MR) is 63.6 cm³/mol. The van der Waals surface area contributed by atoms with Gasteiger partial charge in [-0.1, -0.05) is 46.6 Å². The molecular formula is C12H25N. The molecule has 0 saturated carbocycles. The van der Waals surface area contributed by atoms with Gasteiger partial charge in [0.1, 0.15) is 0 Å². The van der Waals surface area contributed by atoms with Gasteiger partial charge in [-0.2, -0.15) is 0 Å². The highest BCUT2D eigenvalue weighted by Crippen LogP contribution is 1.97. The second-order valence-electron chi connectivity index (χ2n) is 3.30. The number of allylic oxidation sites excluding steroid dienone is 2. The molecule has 0 fully saturated rings. The van der Waals surface area contributed by atoms with E-state index in [4.69, 9.17) is 0 Å². The van der Waals surface area contributed by atoms with Crippen molar-refractivity contribution < 1.29 is 0 Å². The third-order valence-corrected chi connectivity index (χ3v) is 1.69. The fraction of sp³-hybridized carbons (Fsp3) is 0.750. The van der Waals surface area contributed by atoms with Gasteiger partial charge in [-0.05, 0) is 18.9 Å². The van der Waals surface area contributed by atoms with Crippen molar-refractivity contribution in [2.24, 2.45) is 10.9 Å². The molecule has 0 bridgehead atoms. The first-order valence-corrected chi connectivity index (χ1v) is 5.23. The molecule has 0 aliphatic carbocycles. The van der Waals surface area contributed by atoms with E-state index >= 15 is 0 Å². The van der Waals surface area contributed by atoms with Crippen molar-refractivity contribution >= 4 is 5.71 Å². The second-order valence-corrected chi connectivity index (χ2v) is 3.30. The van der Waals surface area contributed by atoms with Gasteiger partial charge in [0.2, 0.25) is 0 Å². The molecule has 0 atom stereocenters. The number of aliphatic imine (C=N–C) groups is 1. The van der Waals surface area contributed by atoms with Crippen molar-refractivity contribution in [1.29, 1.82) is 0 Å². The quantitative estimate of drug-likeness (QED) is 0.584. The number of hydrogen-bond acceptors (Lipinski definition) is 1. The molecule has 1 heteroatoms. The Bertz CT molecular complexity index is 141. The Balaban J connectivity index is 0. The molecule has 0 spiro atoms. The lowest BCUT2D eigenvalue weighted by atomic mass is 10.1. The minimum atomic E-state index is 0.547. The van der Waals surface area contributed by atoms with Crippen molar-refractivity contribution in [3.8, 4) is 0 Å². The Morgan fingerprint density at radius 2 is 1.69 bits per heavy atom. The van der Waals surface area contributed by atoms with Crippen LogP contribution in [0.25, 0.3) is 0 Å². The lowest BCUT2D eigenvalue weighted by molar-refractivity contribution is 0.886. The van der Waals surface area contributed by atoms with Crippen LogP contribution in [0.5, 0.6) is 0 Å². The highest BCUT2D eigenvalue weighted by molar-refractivity contribution is 5.96. The topological polar surface area (TPSA) is 12.4 Å². The van der Waals surface area contributed by atoms with Crippen LogP contribution in [0.2, 0.25) is 0 Å². The van der Waals surface area contributed by atoms with Crippen molar-refractivity contribution in [3.05, 3.63) is 12.2 Å². The molecule has 78 valence electrons. The summed E-state index contributed by atoms with van der Waals surface area (Å²) in [6.07, 6.45) is 6.70. The molecule has 1 nitrogen and oxygen atoms in total. The van der Waals surface area contributed by atoms with Crippen molar-refractivity contribution in [3.63, 3.8) is 0 Å². The second kappa shape index (κ2) is 11.4. The summed E-state index contributed by atoms with van der Waals surface area (Å²) in [5.41, 5.74) is 1.16. The van der Waals surface area contributed by atoms with Gasteiger partial charge in [-0.15, -0.1) is 0 Å². The van der Waals surface area contributed by atoms with E-state index in [1.165, 1.54) is 12.8 Å². The van der Waals surface area contributed by atoms with Crippen LogP contribution in [0.1, 0.15) is 47.5 Å². The molecule has 0 unspecified atom stereocenters. The monoisotopic (exact) mass is 183 g/mol. The van der Waals surface area contributed by atoms with Gasteiger partial charge >= 0.3 is 0 Å². The molecule has 0 aromatic rings. The van der Waals surface area contributed by atoms with Gasteiger partial charge in [-0.25, -0.2) is 0 Å².